The molecule has 0 spiro atoms. The molecule has 0 bridgehead atoms. The molecule has 0 saturated carbocycles. The molecule has 5 heteroatoms. The predicted octanol–water partition coefficient (Wildman–Crippen LogP) is 3.02. The maximum atomic E-state index is 12.9. The van der Waals surface area contributed by atoms with Gasteiger partial charge in [0.25, 0.3) is 5.56 Å². The van der Waals surface area contributed by atoms with Crippen molar-refractivity contribution in [3.05, 3.63) is 74.1 Å². The minimum atomic E-state index is -0.486. The molecule has 22 heavy (non-hydrogen) atoms. The highest BCUT2D eigenvalue weighted by Gasteiger charge is 2.15. The molecule has 3 rings (SSSR count). The zero-order valence-corrected chi connectivity index (χ0v) is 12.4. The minimum absolute atomic E-state index is 0.0245. The Morgan fingerprint density at radius 1 is 1.14 bits per heavy atom. The molecule has 3 aromatic rings. The van der Waals surface area contributed by atoms with Crippen LogP contribution >= 0.6 is 11.6 Å². The normalized spacial score (nSPS) is 10.6. The summed E-state index contributed by atoms with van der Waals surface area (Å²) in [5.74, 6) is -0.0245. The smallest absolute Gasteiger partial charge is 0.291 e. The lowest BCUT2D eigenvalue weighted by Gasteiger charge is -2.03. The van der Waals surface area contributed by atoms with Gasteiger partial charge in [0, 0.05) is 10.4 Å². The number of aromatic amines is 1. The highest BCUT2D eigenvalue weighted by molar-refractivity contribution is 6.31. The molecule has 1 heterocycles. The monoisotopic (exact) mass is 312 g/mol. The maximum Gasteiger partial charge on any atom is 0.291 e. The summed E-state index contributed by atoms with van der Waals surface area (Å²) in [7, 11) is 1.36. The van der Waals surface area contributed by atoms with Gasteiger partial charge >= 0.3 is 0 Å². The molecule has 0 aliphatic rings. The van der Waals surface area contributed by atoms with Crippen molar-refractivity contribution in [2.45, 2.75) is 0 Å². The molecule has 2 aromatic carbocycles. The van der Waals surface area contributed by atoms with Gasteiger partial charge in [-0.25, -0.2) is 0 Å². The van der Waals surface area contributed by atoms with E-state index >= 15 is 0 Å². The molecule has 0 unspecified atom stereocenters. The number of ether oxygens (including phenoxy) is 1. The number of fused-ring (bicyclic) bond motifs is 1. The number of rotatable bonds is 2. The first-order chi connectivity index (χ1) is 10.6. The van der Waals surface area contributed by atoms with E-state index in [1.165, 1.54) is 7.11 Å². The highest BCUT2D eigenvalue weighted by atomic mass is 35.5. The fourth-order valence-corrected chi connectivity index (χ4v) is 2.53. The molecule has 0 fully saturated rings. The number of aromatic nitrogens is 1. The third-order valence-corrected chi connectivity index (χ3v) is 3.58. The first kappa shape index (κ1) is 14.4. The molecular formula is C17H11ClNO3. The van der Waals surface area contributed by atoms with E-state index in [2.05, 4.69) is 11.1 Å². The van der Waals surface area contributed by atoms with Crippen molar-refractivity contribution in [1.82, 2.24) is 4.98 Å². The Hall–Kier alpha value is -2.59. The van der Waals surface area contributed by atoms with Gasteiger partial charge in [-0.2, -0.15) is 0 Å². The molecule has 1 aromatic heterocycles. The fourth-order valence-electron chi connectivity index (χ4n) is 2.36. The van der Waals surface area contributed by atoms with E-state index in [4.69, 9.17) is 16.3 Å². The van der Waals surface area contributed by atoms with Gasteiger partial charge in [-0.1, -0.05) is 35.9 Å². The summed E-state index contributed by atoms with van der Waals surface area (Å²) in [6.07, 6.45) is 0. The number of hydrogen-bond acceptors (Lipinski definition) is 3. The number of H-pyrrole nitrogens is 1. The minimum Gasteiger partial charge on any atom is -0.491 e. The lowest BCUT2D eigenvalue weighted by Crippen LogP contribution is -2.10. The zero-order chi connectivity index (χ0) is 15.7. The van der Waals surface area contributed by atoms with Crippen LogP contribution in [0.25, 0.3) is 22.0 Å². The number of hydrogen-bond donors (Lipinski definition) is 1. The molecule has 0 amide bonds. The topological polar surface area (TPSA) is 59.2 Å². The third kappa shape index (κ3) is 2.38. The van der Waals surface area contributed by atoms with Crippen molar-refractivity contribution in [3.63, 3.8) is 0 Å². The van der Waals surface area contributed by atoms with Crippen LogP contribution in [0.2, 0.25) is 5.02 Å². The SMILES string of the molecule is COc1c(-c2cc[c]cc2)c(=O)c2ccc(Cl)cc2[nH]c1=O. The van der Waals surface area contributed by atoms with Crippen LogP contribution in [0.5, 0.6) is 5.75 Å². The van der Waals surface area contributed by atoms with E-state index in [-0.39, 0.29) is 16.7 Å². The lowest BCUT2D eigenvalue weighted by molar-refractivity contribution is 0.411. The number of methoxy groups -OCH3 is 1. The highest BCUT2D eigenvalue weighted by Crippen LogP contribution is 2.24. The third-order valence-electron chi connectivity index (χ3n) is 3.35. The van der Waals surface area contributed by atoms with Gasteiger partial charge in [0.15, 0.2) is 11.2 Å². The Bertz CT molecular complexity index is 965. The van der Waals surface area contributed by atoms with Crippen molar-refractivity contribution in [2.24, 2.45) is 0 Å². The molecule has 1 radical (unpaired) electrons. The van der Waals surface area contributed by atoms with Crippen molar-refractivity contribution in [3.8, 4) is 16.9 Å². The van der Waals surface area contributed by atoms with Crippen molar-refractivity contribution < 1.29 is 4.74 Å². The summed E-state index contributed by atoms with van der Waals surface area (Å²) in [4.78, 5) is 27.9. The molecule has 109 valence electrons. The average molecular weight is 313 g/mol. The van der Waals surface area contributed by atoms with Crippen LogP contribution in [0.1, 0.15) is 0 Å². The Morgan fingerprint density at radius 2 is 1.86 bits per heavy atom. The predicted molar refractivity (Wildman–Crippen MR) is 86.7 cm³/mol. The van der Waals surface area contributed by atoms with Crippen LogP contribution in [0.15, 0.2) is 52.1 Å². The van der Waals surface area contributed by atoms with Crippen molar-refractivity contribution >= 4 is 22.5 Å². The van der Waals surface area contributed by atoms with Crippen molar-refractivity contribution in [2.75, 3.05) is 7.11 Å². The molecule has 0 aliphatic carbocycles. The standard InChI is InChI=1S/C17H11ClNO3/c1-22-16-14(10-5-3-2-4-6-10)15(20)12-8-7-11(18)9-13(12)19-17(16)21/h3-9H,1H3,(H,19,21). The molecule has 0 atom stereocenters. The van der Waals surface area contributed by atoms with E-state index in [0.717, 1.165) is 0 Å². The first-order valence-electron chi connectivity index (χ1n) is 6.52. The average Bonchev–Trinajstić information content (AvgIpc) is 2.62. The second kappa shape index (κ2) is 5.66. The van der Waals surface area contributed by atoms with Crippen LogP contribution in [0, 0.1) is 6.07 Å². The Labute approximate surface area is 131 Å². The quantitative estimate of drug-likeness (QED) is 0.791. The molecule has 4 nitrogen and oxygen atoms in total. The van der Waals surface area contributed by atoms with Crippen LogP contribution in [-0.2, 0) is 0 Å². The summed E-state index contributed by atoms with van der Waals surface area (Å²) in [6.45, 7) is 0. The number of halogens is 1. The maximum absolute atomic E-state index is 12.9. The number of benzene rings is 2. The van der Waals surface area contributed by atoms with Gasteiger partial charge in [0.2, 0.25) is 0 Å². The summed E-state index contributed by atoms with van der Waals surface area (Å²) < 4.78 is 5.19. The molecule has 0 saturated heterocycles. The zero-order valence-electron chi connectivity index (χ0n) is 11.6. The van der Waals surface area contributed by atoms with Crippen LogP contribution in [-0.4, -0.2) is 12.1 Å². The Morgan fingerprint density at radius 3 is 2.55 bits per heavy atom. The summed E-state index contributed by atoms with van der Waals surface area (Å²) in [5.41, 5.74) is 0.399. The van der Waals surface area contributed by atoms with E-state index in [0.29, 0.717) is 21.5 Å². The Balaban J connectivity index is 2.56. The van der Waals surface area contributed by atoms with Gasteiger partial charge < -0.3 is 9.72 Å². The van der Waals surface area contributed by atoms with Crippen LogP contribution < -0.4 is 15.7 Å². The van der Waals surface area contributed by atoms with Gasteiger partial charge in [0.05, 0.1) is 18.2 Å². The largest absolute Gasteiger partial charge is 0.491 e. The molecule has 0 aliphatic heterocycles. The van der Waals surface area contributed by atoms with Crippen LogP contribution in [0.4, 0.5) is 0 Å². The van der Waals surface area contributed by atoms with E-state index in [1.54, 1.807) is 42.5 Å². The van der Waals surface area contributed by atoms with E-state index in [1.807, 2.05) is 0 Å². The van der Waals surface area contributed by atoms with E-state index < -0.39 is 5.56 Å². The summed E-state index contributed by atoms with van der Waals surface area (Å²) in [6, 6.07) is 14.4. The molecule has 1 N–H and O–H groups in total. The summed E-state index contributed by atoms with van der Waals surface area (Å²) >= 11 is 5.94. The Kier molecular flexibility index (Phi) is 3.69. The second-order valence-corrected chi connectivity index (χ2v) is 5.11. The van der Waals surface area contributed by atoms with Gasteiger partial charge in [-0.05, 0) is 29.8 Å². The number of nitrogens with one attached hydrogen (secondary N) is 1. The van der Waals surface area contributed by atoms with Gasteiger partial charge in [-0.15, -0.1) is 0 Å². The second-order valence-electron chi connectivity index (χ2n) is 4.67. The molecular weight excluding hydrogens is 302 g/mol. The van der Waals surface area contributed by atoms with Crippen molar-refractivity contribution in [1.29, 1.82) is 0 Å². The fraction of sp³-hybridized carbons (Fsp3) is 0.0588. The van der Waals surface area contributed by atoms with Gasteiger partial charge in [0.1, 0.15) is 0 Å². The summed E-state index contributed by atoms with van der Waals surface area (Å²) in [5, 5.41) is 0.802. The van der Waals surface area contributed by atoms with E-state index in [9.17, 15) is 9.59 Å². The first-order valence-corrected chi connectivity index (χ1v) is 6.90. The van der Waals surface area contributed by atoms with Gasteiger partial charge in [-0.3, -0.25) is 9.59 Å². The van der Waals surface area contributed by atoms with Crippen LogP contribution in [0.3, 0.4) is 0 Å². The lowest BCUT2D eigenvalue weighted by atomic mass is 10.0.